The van der Waals surface area contributed by atoms with E-state index in [4.69, 9.17) is 11.6 Å². The molecule has 146 valence electrons. The van der Waals surface area contributed by atoms with Gasteiger partial charge in [0.1, 0.15) is 0 Å². The zero-order valence-electron chi connectivity index (χ0n) is 15.8. The third kappa shape index (κ3) is 3.85. The van der Waals surface area contributed by atoms with Gasteiger partial charge in [0.15, 0.2) is 0 Å². The van der Waals surface area contributed by atoms with Crippen molar-refractivity contribution in [1.82, 2.24) is 14.7 Å². The molecule has 0 aliphatic carbocycles. The fraction of sp³-hybridized carbons (Fsp3) is 0.364. The number of hydrogen-bond acceptors (Lipinski definition) is 2. The highest BCUT2D eigenvalue weighted by Crippen LogP contribution is 2.25. The predicted molar refractivity (Wildman–Crippen MR) is 109 cm³/mol. The number of carbonyl (C=O) groups is 2. The summed E-state index contributed by atoms with van der Waals surface area (Å²) in [6.45, 7) is 3.47. The fourth-order valence-corrected chi connectivity index (χ4v) is 4.29. The molecule has 0 radical (unpaired) electrons. The molecule has 28 heavy (non-hydrogen) atoms. The smallest absolute Gasteiger partial charge is 0.320 e. The zero-order chi connectivity index (χ0) is 19.5. The summed E-state index contributed by atoms with van der Waals surface area (Å²) >= 11 is 6.17. The largest absolute Gasteiger partial charge is 0.338 e. The quantitative estimate of drug-likeness (QED) is 0.785. The van der Waals surface area contributed by atoms with Crippen molar-refractivity contribution in [2.45, 2.75) is 25.4 Å². The number of benzene rings is 2. The highest BCUT2D eigenvalue weighted by Gasteiger charge is 2.36. The number of halogens is 1. The molecule has 2 aromatic carbocycles. The van der Waals surface area contributed by atoms with Crippen LogP contribution < -0.4 is 0 Å². The zero-order valence-corrected chi connectivity index (χ0v) is 16.5. The molecule has 0 N–H and O–H groups in total. The van der Waals surface area contributed by atoms with Gasteiger partial charge >= 0.3 is 6.03 Å². The minimum Gasteiger partial charge on any atom is -0.338 e. The molecule has 2 fully saturated rings. The second kappa shape index (κ2) is 8.23. The number of piperidine rings is 1. The van der Waals surface area contributed by atoms with E-state index in [1.165, 1.54) is 0 Å². The number of rotatable bonds is 4. The van der Waals surface area contributed by atoms with E-state index in [9.17, 15) is 9.59 Å². The Bertz CT molecular complexity index is 850. The van der Waals surface area contributed by atoms with Crippen molar-refractivity contribution in [2.75, 3.05) is 26.2 Å². The third-order valence-electron chi connectivity index (χ3n) is 5.64. The molecule has 6 heteroatoms. The molecule has 3 amide bonds. The fourth-order valence-electron chi connectivity index (χ4n) is 4.08. The lowest BCUT2D eigenvalue weighted by atomic mass is 10.0. The Morgan fingerprint density at radius 3 is 2.32 bits per heavy atom. The Labute approximate surface area is 170 Å². The molecule has 0 bridgehead atoms. The van der Waals surface area contributed by atoms with E-state index >= 15 is 0 Å². The minimum atomic E-state index is -0.0255. The first-order valence-electron chi connectivity index (χ1n) is 9.77. The third-order valence-corrected chi connectivity index (χ3v) is 5.97. The maximum absolute atomic E-state index is 12.8. The summed E-state index contributed by atoms with van der Waals surface area (Å²) in [5.74, 6) is -0.0255. The average molecular weight is 398 g/mol. The summed E-state index contributed by atoms with van der Waals surface area (Å²) in [7, 11) is 0. The van der Waals surface area contributed by atoms with Crippen molar-refractivity contribution in [3.63, 3.8) is 0 Å². The minimum absolute atomic E-state index is 0.0255. The van der Waals surface area contributed by atoms with Crippen molar-refractivity contribution in [1.29, 1.82) is 0 Å². The van der Waals surface area contributed by atoms with Gasteiger partial charge in [0, 0.05) is 38.8 Å². The first-order valence-corrected chi connectivity index (χ1v) is 10.1. The molecule has 2 heterocycles. The van der Waals surface area contributed by atoms with E-state index in [0.717, 1.165) is 31.5 Å². The van der Waals surface area contributed by atoms with Gasteiger partial charge in [-0.2, -0.15) is 0 Å². The molecule has 0 aromatic heterocycles. The molecule has 0 atom stereocenters. The van der Waals surface area contributed by atoms with Crippen molar-refractivity contribution in [3.8, 4) is 0 Å². The summed E-state index contributed by atoms with van der Waals surface area (Å²) in [4.78, 5) is 31.3. The first kappa shape index (κ1) is 18.8. The number of urea groups is 1. The summed E-state index contributed by atoms with van der Waals surface area (Å²) in [5.41, 5.74) is 1.70. The molecular weight excluding hydrogens is 374 g/mol. The Balaban J connectivity index is 1.33. The molecule has 2 aromatic rings. The Morgan fingerprint density at radius 1 is 0.929 bits per heavy atom. The molecular formula is C22H24ClN3O2. The van der Waals surface area contributed by atoms with E-state index in [1.54, 1.807) is 12.1 Å². The highest BCUT2D eigenvalue weighted by atomic mass is 35.5. The van der Waals surface area contributed by atoms with E-state index in [-0.39, 0.29) is 18.0 Å². The molecule has 0 spiro atoms. The monoisotopic (exact) mass is 397 g/mol. The number of carbonyl (C=O) groups excluding carboxylic acids is 2. The second-order valence-electron chi connectivity index (χ2n) is 7.39. The highest BCUT2D eigenvalue weighted by molar-refractivity contribution is 6.33. The van der Waals surface area contributed by atoms with E-state index < -0.39 is 0 Å². The van der Waals surface area contributed by atoms with Gasteiger partial charge in [-0.25, -0.2) is 4.79 Å². The van der Waals surface area contributed by atoms with Gasteiger partial charge in [-0.05, 0) is 30.5 Å². The van der Waals surface area contributed by atoms with Gasteiger partial charge in [0.2, 0.25) is 0 Å². The topological polar surface area (TPSA) is 43.9 Å². The maximum atomic E-state index is 12.8. The molecule has 2 aliphatic rings. The standard InChI is InChI=1S/C22H24ClN3O2/c23-20-9-5-4-8-19(20)21(27)24-12-10-18(11-13-24)26-15-14-25(22(26)28)16-17-6-2-1-3-7-17/h1-9,18H,10-16H2. The first-order chi connectivity index (χ1) is 13.6. The van der Waals surface area contributed by atoms with E-state index in [2.05, 4.69) is 12.1 Å². The van der Waals surface area contributed by atoms with Crippen LogP contribution in [-0.2, 0) is 6.54 Å². The average Bonchev–Trinajstić information content (AvgIpc) is 3.09. The van der Waals surface area contributed by atoms with Gasteiger partial charge in [-0.1, -0.05) is 54.1 Å². The second-order valence-corrected chi connectivity index (χ2v) is 7.79. The number of nitrogens with zero attached hydrogens (tertiary/aromatic N) is 3. The predicted octanol–water partition coefficient (Wildman–Crippen LogP) is 3.88. The molecule has 0 saturated carbocycles. The molecule has 4 rings (SSSR count). The lowest BCUT2D eigenvalue weighted by Gasteiger charge is -2.36. The number of likely N-dealkylation sites (tertiary alicyclic amines) is 1. The van der Waals surface area contributed by atoms with Crippen LogP contribution in [0.3, 0.4) is 0 Å². The molecule has 5 nitrogen and oxygen atoms in total. The Morgan fingerprint density at radius 2 is 1.61 bits per heavy atom. The van der Waals surface area contributed by atoms with Crippen molar-refractivity contribution >= 4 is 23.5 Å². The normalized spacial score (nSPS) is 18.0. The molecule has 0 unspecified atom stereocenters. The van der Waals surface area contributed by atoms with Crippen LogP contribution in [0.1, 0.15) is 28.8 Å². The molecule has 2 aliphatic heterocycles. The van der Waals surface area contributed by atoms with Crippen molar-refractivity contribution in [3.05, 3.63) is 70.7 Å². The van der Waals surface area contributed by atoms with Crippen LogP contribution in [-0.4, -0.2) is 58.9 Å². The Kier molecular flexibility index (Phi) is 5.53. The SMILES string of the molecule is O=C(c1ccccc1Cl)N1CCC(N2CCN(Cc3ccccc3)C2=O)CC1. The summed E-state index contributed by atoms with van der Waals surface area (Å²) in [5, 5.41) is 0.487. The van der Waals surface area contributed by atoms with Gasteiger partial charge in [0.25, 0.3) is 5.91 Å². The van der Waals surface area contributed by atoms with Crippen molar-refractivity contribution < 1.29 is 9.59 Å². The van der Waals surface area contributed by atoms with Crippen LogP contribution in [0.4, 0.5) is 4.79 Å². The molecule has 2 saturated heterocycles. The maximum Gasteiger partial charge on any atom is 0.320 e. The van der Waals surface area contributed by atoms with Crippen LogP contribution in [0.5, 0.6) is 0 Å². The number of hydrogen-bond donors (Lipinski definition) is 0. The Hall–Kier alpha value is -2.53. The van der Waals surface area contributed by atoms with E-state index in [0.29, 0.717) is 30.2 Å². The van der Waals surface area contributed by atoms with Crippen LogP contribution in [0.2, 0.25) is 5.02 Å². The summed E-state index contributed by atoms with van der Waals surface area (Å²) in [6.07, 6.45) is 1.61. The lowest BCUT2D eigenvalue weighted by molar-refractivity contribution is 0.0663. The van der Waals surface area contributed by atoms with Crippen LogP contribution in [0.15, 0.2) is 54.6 Å². The van der Waals surface area contributed by atoms with Crippen LogP contribution in [0, 0.1) is 0 Å². The van der Waals surface area contributed by atoms with Gasteiger partial charge in [0.05, 0.1) is 10.6 Å². The van der Waals surface area contributed by atoms with Crippen LogP contribution >= 0.6 is 11.6 Å². The summed E-state index contributed by atoms with van der Waals surface area (Å²) < 4.78 is 0. The van der Waals surface area contributed by atoms with Gasteiger partial charge in [-0.15, -0.1) is 0 Å². The van der Waals surface area contributed by atoms with Crippen molar-refractivity contribution in [2.24, 2.45) is 0 Å². The van der Waals surface area contributed by atoms with Crippen LogP contribution in [0.25, 0.3) is 0 Å². The number of amides is 3. The lowest BCUT2D eigenvalue weighted by Crippen LogP contribution is -2.48. The van der Waals surface area contributed by atoms with Gasteiger partial charge in [-0.3, -0.25) is 4.79 Å². The van der Waals surface area contributed by atoms with E-state index in [1.807, 2.05) is 45.0 Å². The summed E-state index contributed by atoms with van der Waals surface area (Å²) in [6, 6.07) is 17.6. The van der Waals surface area contributed by atoms with Gasteiger partial charge < -0.3 is 14.7 Å².